The molecule has 2 aromatic carbocycles. The van der Waals surface area contributed by atoms with Gasteiger partial charge in [0, 0.05) is 19.4 Å². The van der Waals surface area contributed by atoms with Crippen LogP contribution in [0.2, 0.25) is 5.02 Å². The van der Waals surface area contributed by atoms with E-state index in [0.717, 1.165) is 19.9 Å². The molecular formula is C15H9Br2ClO2. The van der Waals surface area contributed by atoms with Gasteiger partial charge in [0.05, 0.1) is 0 Å². The Bertz CT molecular complexity index is 762. The molecule has 102 valence electrons. The zero-order chi connectivity index (χ0) is 14.3. The Morgan fingerprint density at radius 3 is 2.40 bits per heavy atom. The monoisotopic (exact) mass is 414 g/mol. The summed E-state index contributed by atoms with van der Waals surface area (Å²) in [4.78, 5) is 0. The molecular weight excluding hydrogens is 407 g/mol. The summed E-state index contributed by atoms with van der Waals surface area (Å²) in [5, 5.41) is 12.0. The van der Waals surface area contributed by atoms with E-state index in [1.54, 1.807) is 18.2 Å². The zero-order valence-corrected chi connectivity index (χ0v) is 14.0. The summed E-state index contributed by atoms with van der Waals surface area (Å²) in [6.45, 7) is 0. The van der Waals surface area contributed by atoms with Crippen LogP contribution in [0.25, 0.3) is 11.0 Å². The van der Waals surface area contributed by atoms with Gasteiger partial charge in [0.25, 0.3) is 0 Å². The topological polar surface area (TPSA) is 33.4 Å². The zero-order valence-electron chi connectivity index (χ0n) is 10.1. The Morgan fingerprint density at radius 1 is 1.00 bits per heavy atom. The number of hydrogen-bond donors (Lipinski definition) is 1. The molecule has 3 aromatic rings. The van der Waals surface area contributed by atoms with E-state index < -0.39 is 6.10 Å². The molecule has 3 rings (SSSR count). The Hall–Kier alpha value is -0.810. The quantitative estimate of drug-likeness (QED) is 0.582. The molecule has 0 aliphatic rings. The van der Waals surface area contributed by atoms with Crippen molar-refractivity contribution in [3.8, 4) is 0 Å². The fourth-order valence-corrected chi connectivity index (χ4v) is 3.58. The number of aliphatic hydroxyl groups excluding tert-OH is 1. The lowest BCUT2D eigenvalue weighted by atomic mass is 10.1. The van der Waals surface area contributed by atoms with Gasteiger partial charge in [0.2, 0.25) is 0 Å². The molecule has 0 radical (unpaired) electrons. The smallest absolute Gasteiger partial charge is 0.138 e. The molecule has 1 unspecified atom stereocenters. The number of hydrogen-bond acceptors (Lipinski definition) is 2. The van der Waals surface area contributed by atoms with E-state index in [4.69, 9.17) is 16.0 Å². The second kappa shape index (κ2) is 5.53. The fraction of sp³-hybridized carbons (Fsp3) is 0.0667. The van der Waals surface area contributed by atoms with Crippen molar-refractivity contribution in [3.63, 3.8) is 0 Å². The molecule has 0 bridgehead atoms. The molecule has 0 fully saturated rings. The lowest BCUT2D eigenvalue weighted by molar-refractivity contribution is 0.192. The molecule has 1 atom stereocenters. The van der Waals surface area contributed by atoms with E-state index in [2.05, 4.69) is 31.9 Å². The number of fused-ring (bicyclic) bond motifs is 1. The van der Waals surface area contributed by atoms with Crippen molar-refractivity contribution in [1.29, 1.82) is 0 Å². The summed E-state index contributed by atoms with van der Waals surface area (Å²) in [6.07, 6.45) is -0.824. The molecule has 1 N–H and O–H groups in total. The highest BCUT2D eigenvalue weighted by Gasteiger charge is 2.16. The third kappa shape index (κ3) is 2.79. The average molecular weight is 416 g/mol. The maximum atomic E-state index is 10.4. The van der Waals surface area contributed by atoms with Crippen LogP contribution < -0.4 is 0 Å². The van der Waals surface area contributed by atoms with Crippen LogP contribution in [0, 0.1) is 0 Å². The molecule has 5 heteroatoms. The van der Waals surface area contributed by atoms with Crippen LogP contribution in [-0.4, -0.2) is 5.11 Å². The van der Waals surface area contributed by atoms with Crippen molar-refractivity contribution in [2.75, 3.05) is 0 Å². The molecule has 0 saturated heterocycles. The van der Waals surface area contributed by atoms with E-state index in [9.17, 15) is 5.11 Å². The fourth-order valence-electron chi connectivity index (χ4n) is 2.07. The Labute approximate surface area is 137 Å². The minimum absolute atomic E-state index is 0.493. The number of benzene rings is 2. The molecule has 1 heterocycles. The molecule has 0 spiro atoms. The van der Waals surface area contributed by atoms with Gasteiger partial charge in [-0.2, -0.15) is 0 Å². The van der Waals surface area contributed by atoms with Gasteiger partial charge in [-0.3, -0.25) is 0 Å². The van der Waals surface area contributed by atoms with Crippen molar-refractivity contribution in [2.24, 2.45) is 0 Å². The van der Waals surface area contributed by atoms with Crippen molar-refractivity contribution >= 4 is 54.4 Å². The highest BCUT2D eigenvalue weighted by atomic mass is 79.9. The third-order valence-corrected chi connectivity index (χ3v) is 4.12. The van der Waals surface area contributed by atoms with Crippen LogP contribution in [0.15, 0.2) is 55.8 Å². The van der Waals surface area contributed by atoms with Crippen molar-refractivity contribution in [2.45, 2.75) is 6.10 Å². The van der Waals surface area contributed by atoms with Gasteiger partial charge in [-0.25, -0.2) is 0 Å². The largest absolute Gasteiger partial charge is 0.458 e. The van der Waals surface area contributed by atoms with E-state index in [0.29, 0.717) is 16.4 Å². The van der Waals surface area contributed by atoms with E-state index in [1.807, 2.05) is 24.3 Å². The molecule has 0 aliphatic carbocycles. The van der Waals surface area contributed by atoms with Crippen molar-refractivity contribution in [3.05, 3.63) is 67.8 Å². The SMILES string of the molecule is OC(c1cc(Br)cc(Br)c1)c1cc2cc(Cl)ccc2o1. The lowest BCUT2D eigenvalue weighted by Crippen LogP contribution is -1.97. The third-order valence-electron chi connectivity index (χ3n) is 2.97. The summed E-state index contributed by atoms with van der Waals surface area (Å²) in [6, 6.07) is 12.8. The molecule has 1 aromatic heterocycles. The van der Waals surface area contributed by atoms with Gasteiger partial charge in [-0.15, -0.1) is 0 Å². The second-order valence-electron chi connectivity index (χ2n) is 4.44. The van der Waals surface area contributed by atoms with Crippen LogP contribution in [0.3, 0.4) is 0 Å². The second-order valence-corrected chi connectivity index (χ2v) is 6.70. The van der Waals surface area contributed by atoms with Gasteiger partial charge in [-0.05, 0) is 48.0 Å². The van der Waals surface area contributed by atoms with Crippen LogP contribution >= 0.6 is 43.5 Å². The van der Waals surface area contributed by atoms with Gasteiger partial charge in [-0.1, -0.05) is 43.5 Å². The van der Waals surface area contributed by atoms with Gasteiger partial charge < -0.3 is 9.52 Å². The first-order chi connectivity index (χ1) is 9.52. The van der Waals surface area contributed by atoms with Crippen molar-refractivity contribution < 1.29 is 9.52 Å². The van der Waals surface area contributed by atoms with Crippen molar-refractivity contribution in [1.82, 2.24) is 0 Å². The standard InChI is InChI=1S/C15H9Br2ClO2/c16-10-3-9(4-11(17)7-10)15(19)14-6-8-5-12(18)1-2-13(8)20-14/h1-7,15,19H. The average Bonchev–Trinajstić information content (AvgIpc) is 2.79. The first-order valence-electron chi connectivity index (χ1n) is 5.86. The Kier molecular flexibility index (Phi) is 3.91. The maximum absolute atomic E-state index is 10.4. The minimum Gasteiger partial charge on any atom is -0.458 e. The molecule has 20 heavy (non-hydrogen) atoms. The van der Waals surface area contributed by atoms with Crippen LogP contribution in [0.5, 0.6) is 0 Å². The Morgan fingerprint density at radius 2 is 1.70 bits per heavy atom. The maximum Gasteiger partial charge on any atom is 0.138 e. The number of aliphatic hydroxyl groups is 1. The van der Waals surface area contributed by atoms with Gasteiger partial charge >= 0.3 is 0 Å². The summed E-state index contributed by atoms with van der Waals surface area (Å²) in [5.41, 5.74) is 1.45. The molecule has 0 saturated carbocycles. The molecule has 0 aliphatic heterocycles. The van der Waals surface area contributed by atoms with Gasteiger partial charge in [0.1, 0.15) is 17.4 Å². The number of halogens is 3. The summed E-state index contributed by atoms with van der Waals surface area (Å²) < 4.78 is 7.46. The number of furan rings is 1. The van der Waals surface area contributed by atoms with Crippen LogP contribution in [-0.2, 0) is 0 Å². The predicted molar refractivity (Wildman–Crippen MR) is 87.1 cm³/mol. The predicted octanol–water partition coefficient (Wildman–Crippen LogP) is 5.69. The first-order valence-corrected chi connectivity index (χ1v) is 7.82. The number of rotatable bonds is 2. The van der Waals surface area contributed by atoms with E-state index in [-0.39, 0.29) is 0 Å². The summed E-state index contributed by atoms with van der Waals surface area (Å²) in [7, 11) is 0. The molecule has 2 nitrogen and oxygen atoms in total. The highest BCUT2D eigenvalue weighted by Crippen LogP contribution is 2.32. The van der Waals surface area contributed by atoms with Gasteiger partial charge in [0.15, 0.2) is 0 Å². The first kappa shape index (κ1) is 14.1. The van der Waals surface area contributed by atoms with Crippen LogP contribution in [0.1, 0.15) is 17.4 Å². The summed E-state index contributed by atoms with van der Waals surface area (Å²) in [5.74, 6) is 0.493. The summed E-state index contributed by atoms with van der Waals surface area (Å²) >= 11 is 12.8. The molecule has 0 amide bonds. The van der Waals surface area contributed by atoms with E-state index >= 15 is 0 Å². The van der Waals surface area contributed by atoms with E-state index in [1.165, 1.54) is 0 Å². The Balaban J connectivity index is 2.05. The normalized spacial score (nSPS) is 12.8. The minimum atomic E-state index is -0.824. The highest BCUT2D eigenvalue weighted by molar-refractivity contribution is 9.11. The lowest BCUT2D eigenvalue weighted by Gasteiger charge is -2.09. The van der Waals surface area contributed by atoms with Crippen LogP contribution in [0.4, 0.5) is 0 Å².